The lowest BCUT2D eigenvalue weighted by Gasteiger charge is -2.31. The zero-order chi connectivity index (χ0) is 19.4. The molecule has 1 aliphatic rings. The third-order valence-corrected chi connectivity index (χ3v) is 5.23. The van der Waals surface area contributed by atoms with Crippen molar-refractivity contribution in [2.24, 2.45) is 5.92 Å². The molecule has 5 nitrogen and oxygen atoms in total. The maximum Gasteiger partial charge on any atom is 0.254 e. The van der Waals surface area contributed by atoms with Crippen molar-refractivity contribution in [1.29, 1.82) is 0 Å². The highest BCUT2D eigenvalue weighted by Gasteiger charge is 2.28. The van der Waals surface area contributed by atoms with Crippen LogP contribution in [-0.2, 0) is 11.3 Å². The highest BCUT2D eigenvalue weighted by atomic mass is 35.5. The lowest BCUT2D eigenvalue weighted by molar-refractivity contribution is -0.126. The largest absolute Gasteiger partial charge is 0.399 e. The fraction of sp³-hybridized carbons (Fsp3) is 0.364. The first kappa shape index (κ1) is 21.8. The topological polar surface area (TPSA) is 75.4 Å². The molecule has 2 aromatic rings. The van der Waals surface area contributed by atoms with Crippen molar-refractivity contribution in [2.45, 2.75) is 33.2 Å². The molecule has 2 amide bonds. The number of benzene rings is 2. The number of carbonyl (C=O) groups excluding carboxylic acids is 2. The van der Waals surface area contributed by atoms with Gasteiger partial charge in [0, 0.05) is 36.8 Å². The van der Waals surface area contributed by atoms with E-state index in [-0.39, 0.29) is 30.1 Å². The number of piperidine rings is 1. The highest BCUT2D eigenvalue weighted by molar-refractivity contribution is 5.96. The van der Waals surface area contributed by atoms with Crippen LogP contribution < -0.4 is 11.1 Å². The fourth-order valence-electron chi connectivity index (χ4n) is 3.42. The summed E-state index contributed by atoms with van der Waals surface area (Å²) in [6, 6.07) is 13.6. The van der Waals surface area contributed by atoms with Gasteiger partial charge in [0.15, 0.2) is 0 Å². The molecule has 1 aliphatic heterocycles. The van der Waals surface area contributed by atoms with Crippen LogP contribution in [0, 0.1) is 19.8 Å². The average molecular weight is 402 g/mol. The van der Waals surface area contributed by atoms with Crippen LogP contribution in [0.1, 0.15) is 39.9 Å². The lowest BCUT2D eigenvalue weighted by Crippen LogP contribution is -2.43. The number of rotatable bonds is 4. The van der Waals surface area contributed by atoms with Crippen molar-refractivity contribution in [3.8, 4) is 0 Å². The van der Waals surface area contributed by atoms with Crippen molar-refractivity contribution in [3.63, 3.8) is 0 Å². The molecule has 0 atom stereocenters. The molecular formula is C22H28ClN3O2. The van der Waals surface area contributed by atoms with Gasteiger partial charge < -0.3 is 16.0 Å². The zero-order valence-corrected chi connectivity index (χ0v) is 17.2. The van der Waals surface area contributed by atoms with Gasteiger partial charge in [-0.3, -0.25) is 9.59 Å². The van der Waals surface area contributed by atoms with Gasteiger partial charge in [0.1, 0.15) is 0 Å². The second-order valence-electron chi connectivity index (χ2n) is 7.34. The van der Waals surface area contributed by atoms with Crippen molar-refractivity contribution in [3.05, 3.63) is 64.7 Å². The summed E-state index contributed by atoms with van der Waals surface area (Å²) in [5, 5.41) is 3.02. The average Bonchev–Trinajstić information content (AvgIpc) is 2.69. The number of carbonyl (C=O) groups is 2. The predicted octanol–water partition coefficient (Wildman–Crippen LogP) is 3.48. The van der Waals surface area contributed by atoms with Crippen LogP contribution in [0.3, 0.4) is 0 Å². The monoisotopic (exact) mass is 401 g/mol. The van der Waals surface area contributed by atoms with E-state index in [1.165, 1.54) is 5.56 Å². The molecular weight excluding hydrogens is 374 g/mol. The van der Waals surface area contributed by atoms with Gasteiger partial charge in [0.2, 0.25) is 5.91 Å². The molecule has 3 rings (SSSR count). The second kappa shape index (κ2) is 9.60. The number of nitrogens with one attached hydrogen (secondary N) is 1. The maximum absolute atomic E-state index is 12.8. The summed E-state index contributed by atoms with van der Waals surface area (Å²) in [5.74, 6) is 0.0301. The number of likely N-dealkylation sites (tertiary alicyclic amines) is 1. The van der Waals surface area contributed by atoms with E-state index in [0.29, 0.717) is 43.7 Å². The summed E-state index contributed by atoms with van der Waals surface area (Å²) < 4.78 is 0. The minimum atomic E-state index is -0.0403. The Morgan fingerprint density at radius 3 is 2.36 bits per heavy atom. The molecule has 2 aromatic carbocycles. The van der Waals surface area contributed by atoms with E-state index in [1.54, 1.807) is 12.1 Å². The van der Waals surface area contributed by atoms with Gasteiger partial charge >= 0.3 is 0 Å². The van der Waals surface area contributed by atoms with E-state index in [0.717, 1.165) is 11.1 Å². The molecule has 0 aromatic heterocycles. The van der Waals surface area contributed by atoms with E-state index in [4.69, 9.17) is 5.73 Å². The smallest absolute Gasteiger partial charge is 0.254 e. The minimum absolute atomic E-state index is 0. The third-order valence-electron chi connectivity index (χ3n) is 5.23. The number of nitrogen functional groups attached to an aromatic ring is 1. The van der Waals surface area contributed by atoms with Crippen molar-refractivity contribution in [2.75, 3.05) is 18.8 Å². The Morgan fingerprint density at radius 2 is 1.71 bits per heavy atom. The normalized spacial score (nSPS) is 14.3. The molecule has 0 saturated carbocycles. The van der Waals surface area contributed by atoms with Crippen molar-refractivity contribution >= 4 is 29.9 Å². The molecule has 0 bridgehead atoms. The van der Waals surface area contributed by atoms with Crippen molar-refractivity contribution < 1.29 is 9.59 Å². The van der Waals surface area contributed by atoms with Gasteiger partial charge in [-0.1, -0.05) is 35.9 Å². The Hall–Kier alpha value is -2.53. The van der Waals surface area contributed by atoms with E-state index in [2.05, 4.69) is 5.32 Å². The molecule has 0 spiro atoms. The van der Waals surface area contributed by atoms with E-state index in [9.17, 15) is 9.59 Å². The third kappa shape index (κ3) is 5.26. The summed E-state index contributed by atoms with van der Waals surface area (Å²) in [6.45, 7) is 5.69. The zero-order valence-electron chi connectivity index (χ0n) is 16.4. The highest BCUT2D eigenvalue weighted by Crippen LogP contribution is 2.21. The summed E-state index contributed by atoms with van der Waals surface area (Å²) in [6.07, 6.45) is 1.37. The number of nitrogens with two attached hydrogens (primary N) is 1. The van der Waals surface area contributed by atoms with Crippen molar-refractivity contribution in [1.82, 2.24) is 10.2 Å². The van der Waals surface area contributed by atoms with Gasteiger partial charge in [0.25, 0.3) is 5.91 Å². The minimum Gasteiger partial charge on any atom is -0.399 e. The van der Waals surface area contributed by atoms with Crippen LogP contribution in [0.15, 0.2) is 42.5 Å². The number of anilines is 1. The molecule has 1 fully saturated rings. The quantitative estimate of drug-likeness (QED) is 0.770. The molecule has 0 radical (unpaired) electrons. The van der Waals surface area contributed by atoms with E-state index < -0.39 is 0 Å². The predicted molar refractivity (Wildman–Crippen MR) is 114 cm³/mol. The van der Waals surface area contributed by atoms with Gasteiger partial charge in [-0.2, -0.15) is 0 Å². The van der Waals surface area contributed by atoms with Crippen LogP contribution >= 0.6 is 12.4 Å². The van der Waals surface area contributed by atoms with E-state index in [1.807, 2.05) is 49.1 Å². The molecule has 0 unspecified atom stereocenters. The summed E-state index contributed by atoms with van der Waals surface area (Å²) in [5.41, 5.74) is 10.3. The Bertz CT molecular complexity index is 828. The van der Waals surface area contributed by atoms with Crippen LogP contribution in [0.5, 0.6) is 0 Å². The molecule has 28 heavy (non-hydrogen) atoms. The molecule has 1 saturated heterocycles. The van der Waals surface area contributed by atoms with Gasteiger partial charge in [-0.15, -0.1) is 12.4 Å². The molecule has 6 heteroatoms. The molecule has 0 aliphatic carbocycles. The molecule has 1 heterocycles. The Balaban J connectivity index is 0.00000280. The van der Waals surface area contributed by atoms with Gasteiger partial charge in [-0.25, -0.2) is 0 Å². The van der Waals surface area contributed by atoms with Crippen LogP contribution in [0.25, 0.3) is 0 Å². The Labute approximate surface area is 172 Å². The summed E-state index contributed by atoms with van der Waals surface area (Å²) in [7, 11) is 0. The molecule has 3 N–H and O–H groups in total. The number of hydrogen-bond donors (Lipinski definition) is 2. The first-order chi connectivity index (χ1) is 12.9. The fourth-order valence-corrected chi connectivity index (χ4v) is 3.42. The first-order valence-electron chi connectivity index (χ1n) is 9.42. The lowest BCUT2D eigenvalue weighted by atomic mass is 9.95. The number of amides is 2. The van der Waals surface area contributed by atoms with Crippen LogP contribution in [0.2, 0.25) is 0 Å². The SMILES string of the molecule is Cc1ccc(CNC(=O)C2CCN(C(=O)c3cc(N)ccc3C)CC2)cc1.Cl. The number of aryl methyl sites for hydroxylation is 2. The van der Waals surface area contributed by atoms with Gasteiger partial charge in [0.05, 0.1) is 0 Å². The maximum atomic E-state index is 12.8. The standard InChI is InChI=1S/C22H27N3O2.ClH/c1-15-3-6-17(7-4-15)14-24-21(26)18-9-11-25(12-10-18)22(27)20-13-19(23)8-5-16(20)2;/h3-8,13,18H,9-12,14,23H2,1-2H3,(H,24,26);1H. The van der Waals surface area contributed by atoms with Crippen LogP contribution in [-0.4, -0.2) is 29.8 Å². The van der Waals surface area contributed by atoms with Gasteiger partial charge in [-0.05, 0) is 49.9 Å². The Kier molecular flexibility index (Phi) is 7.46. The summed E-state index contributed by atoms with van der Waals surface area (Å²) in [4.78, 5) is 27.0. The first-order valence-corrected chi connectivity index (χ1v) is 9.42. The number of halogens is 1. The van der Waals surface area contributed by atoms with E-state index >= 15 is 0 Å². The summed E-state index contributed by atoms with van der Waals surface area (Å²) >= 11 is 0. The molecule has 150 valence electrons. The number of nitrogens with zero attached hydrogens (tertiary/aromatic N) is 1. The number of hydrogen-bond acceptors (Lipinski definition) is 3. The Morgan fingerprint density at radius 1 is 1.07 bits per heavy atom. The van der Waals surface area contributed by atoms with Crippen LogP contribution in [0.4, 0.5) is 5.69 Å². The second-order valence-corrected chi connectivity index (χ2v) is 7.34.